The van der Waals surface area contributed by atoms with Crippen molar-refractivity contribution in [1.29, 1.82) is 0 Å². The van der Waals surface area contributed by atoms with Gasteiger partial charge in [0.05, 0.1) is 29.6 Å². The molecule has 34 heavy (non-hydrogen) atoms. The quantitative estimate of drug-likeness (QED) is 0.633. The summed E-state index contributed by atoms with van der Waals surface area (Å²) in [7, 11) is 3.77. The standard InChI is InChI=1S/C27H32N4O3/c1-31-14-9-21(10-15-31)34-20-6-4-19(5-7-20)29-23(8-13-28)18-16-22-25(24(17-18)33-2)30-26(32)27(22)11-3-12-27/h4-8,13,16-17,21H,3,9-12,14-15,28H2,1-2H3,(H,30,32). The fourth-order valence-electron chi connectivity index (χ4n) is 5.14. The van der Waals surface area contributed by atoms with Crippen LogP contribution in [0.25, 0.3) is 0 Å². The van der Waals surface area contributed by atoms with Crippen molar-refractivity contribution in [3.8, 4) is 11.5 Å². The van der Waals surface area contributed by atoms with Crippen LogP contribution >= 0.6 is 0 Å². The average molecular weight is 461 g/mol. The van der Waals surface area contributed by atoms with Crippen molar-refractivity contribution in [3.63, 3.8) is 0 Å². The molecule has 1 aliphatic carbocycles. The van der Waals surface area contributed by atoms with Gasteiger partial charge in [0, 0.05) is 18.7 Å². The van der Waals surface area contributed by atoms with Crippen LogP contribution in [0.2, 0.25) is 0 Å². The number of anilines is 1. The summed E-state index contributed by atoms with van der Waals surface area (Å²) in [6, 6.07) is 11.8. The first-order valence-electron chi connectivity index (χ1n) is 12.0. The fourth-order valence-corrected chi connectivity index (χ4v) is 5.14. The van der Waals surface area contributed by atoms with E-state index in [1.165, 1.54) is 6.20 Å². The fraction of sp³-hybridized carbons (Fsp3) is 0.407. The van der Waals surface area contributed by atoms with Crippen LogP contribution in [0.3, 0.4) is 0 Å². The van der Waals surface area contributed by atoms with Gasteiger partial charge in [0.2, 0.25) is 5.91 Å². The highest BCUT2D eigenvalue weighted by atomic mass is 16.5. The zero-order valence-corrected chi connectivity index (χ0v) is 19.8. The molecule has 0 aromatic heterocycles. The smallest absolute Gasteiger partial charge is 0.235 e. The molecule has 1 amide bonds. The lowest BCUT2D eigenvalue weighted by atomic mass is 9.65. The monoisotopic (exact) mass is 460 g/mol. The van der Waals surface area contributed by atoms with Crippen molar-refractivity contribution < 1.29 is 14.3 Å². The van der Waals surface area contributed by atoms with Crippen LogP contribution in [-0.4, -0.2) is 49.9 Å². The molecule has 0 atom stereocenters. The van der Waals surface area contributed by atoms with Gasteiger partial charge in [-0.1, -0.05) is 6.42 Å². The van der Waals surface area contributed by atoms with Gasteiger partial charge in [0.15, 0.2) is 0 Å². The minimum Gasteiger partial charge on any atom is -0.495 e. The molecule has 0 unspecified atom stereocenters. The van der Waals surface area contributed by atoms with E-state index in [-0.39, 0.29) is 12.0 Å². The minimum atomic E-state index is -0.441. The number of nitrogens with zero attached hydrogens (tertiary/aromatic N) is 2. The molecule has 3 aliphatic rings. The molecule has 0 radical (unpaired) electrons. The normalized spacial score (nSPS) is 20.3. The van der Waals surface area contributed by atoms with Gasteiger partial charge in [-0.15, -0.1) is 0 Å². The van der Waals surface area contributed by atoms with Gasteiger partial charge >= 0.3 is 0 Å². The van der Waals surface area contributed by atoms with Gasteiger partial charge in [-0.2, -0.15) is 0 Å². The summed E-state index contributed by atoms with van der Waals surface area (Å²) in [6.45, 7) is 2.13. The number of ether oxygens (including phenoxy) is 2. The molecule has 3 N–H and O–H groups in total. The van der Waals surface area contributed by atoms with Crippen LogP contribution in [0.5, 0.6) is 11.5 Å². The summed E-state index contributed by atoms with van der Waals surface area (Å²) in [6.07, 6.45) is 8.37. The Hall–Kier alpha value is -3.32. The number of rotatable bonds is 6. The molecular formula is C27H32N4O3. The molecular weight excluding hydrogens is 428 g/mol. The highest BCUT2D eigenvalue weighted by Crippen LogP contribution is 2.53. The number of carbonyl (C=O) groups excluding carboxylic acids is 1. The second-order valence-electron chi connectivity index (χ2n) is 9.46. The molecule has 0 bridgehead atoms. The van der Waals surface area contributed by atoms with Crippen molar-refractivity contribution in [2.45, 2.75) is 43.6 Å². The number of carbonyl (C=O) groups is 1. The largest absolute Gasteiger partial charge is 0.495 e. The number of allylic oxidation sites excluding steroid dienone is 1. The van der Waals surface area contributed by atoms with E-state index in [1.54, 1.807) is 13.2 Å². The van der Waals surface area contributed by atoms with Crippen LogP contribution in [0.1, 0.15) is 43.2 Å². The zero-order chi connectivity index (χ0) is 23.7. The Morgan fingerprint density at radius 3 is 2.56 bits per heavy atom. The Bertz CT molecular complexity index is 1130. The number of methoxy groups -OCH3 is 1. The van der Waals surface area contributed by atoms with Crippen LogP contribution < -0.4 is 20.5 Å². The van der Waals surface area contributed by atoms with Crippen molar-refractivity contribution >= 4 is 23.0 Å². The Morgan fingerprint density at radius 2 is 1.94 bits per heavy atom. The Balaban J connectivity index is 1.42. The summed E-state index contributed by atoms with van der Waals surface area (Å²) in [5.74, 6) is 1.57. The summed E-state index contributed by atoms with van der Waals surface area (Å²) >= 11 is 0. The zero-order valence-electron chi connectivity index (χ0n) is 19.8. The average Bonchev–Trinajstić information content (AvgIpc) is 3.13. The van der Waals surface area contributed by atoms with E-state index in [1.807, 2.05) is 30.3 Å². The molecule has 1 saturated heterocycles. The second kappa shape index (κ2) is 9.14. The predicted octanol–water partition coefficient (Wildman–Crippen LogP) is 4.14. The van der Waals surface area contributed by atoms with E-state index in [2.05, 4.69) is 23.3 Å². The molecule has 1 saturated carbocycles. The maximum Gasteiger partial charge on any atom is 0.235 e. The highest BCUT2D eigenvalue weighted by Gasteiger charge is 2.52. The lowest BCUT2D eigenvalue weighted by Gasteiger charge is -2.36. The first kappa shape index (κ1) is 22.5. The topological polar surface area (TPSA) is 89.2 Å². The van der Waals surface area contributed by atoms with E-state index < -0.39 is 5.41 Å². The van der Waals surface area contributed by atoms with Crippen LogP contribution in [0.4, 0.5) is 11.4 Å². The highest BCUT2D eigenvalue weighted by molar-refractivity contribution is 6.13. The van der Waals surface area contributed by atoms with E-state index in [4.69, 9.17) is 20.2 Å². The summed E-state index contributed by atoms with van der Waals surface area (Å²) in [5, 5.41) is 3.04. The van der Waals surface area contributed by atoms with Crippen LogP contribution in [0, 0.1) is 0 Å². The van der Waals surface area contributed by atoms with E-state index in [9.17, 15) is 4.79 Å². The van der Waals surface area contributed by atoms with Gasteiger partial charge in [0.1, 0.15) is 17.6 Å². The third-order valence-electron chi connectivity index (χ3n) is 7.32. The summed E-state index contributed by atoms with van der Waals surface area (Å²) < 4.78 is 11.8. The van der Waals surface area contributed by atoms with Gasteiger partial charge in [0.25, 0.3) is 0 Å². The molecule has 178 valence electrons. The Morgan fingerprint density at radius 1 is 1.21 bits per heavy atom. The lowest BCUT2D eigenvalue weighted by Crippen LogP contribution is -2.40. The number of likely N-dealkylation sites (tertiary alicyclic amines) is 1. The Labute approximate surface area is 200 Å². The molecule has 7 heteroatoms. The van der Waals surface area contributed by atoms with E-state index >= 15 is 0 Å². The number of hydrogen-bond donors (Lipinski definition) is 2. The van der Waals surface area contributed by atoms with Gasteiger partial charge in [-0.25, -0.2) is 4.99 Å². The summed E-state index contributed by atoms with van der Waals surface area (Å²) in [5.41, 5.74) is 9.49. The third kappa shape index (κ3) is 4.05. The number of amides is 1. The molecule has 2 aromatic rings. The van der Waals surface area contributed by atoms with E-state index in [0.29, 0.717) is 11.5 Å². The molecule has 2 aliphatic heterocycles. The molecule has 5 rings (SSSR count). The van der Waals surface area contributed by atoms with Gasteiger partial charge in [-0.05, 0) is 87.0 Å². The molecule has 1 spiro atoms. The van der Waals surface area contributed by atoms with Crippen LogP contribution in [0.15, 0.2) is 53.7 Å². The lowest BCUT2D eigenvalue weighted by molar-refractivity contribution is -0.123. The molecule has 2 aromatic carbocycles. The molecule has 2 heterocycles. The van der Waals surface area contributed by atoms with Crippen molar-refractivity contribution in [3.05, 3.63) is 59.8 Å². The minimum absolute atomic E-state index is 0.0669. The second-order valence-corrected chi connectivity index (χ2v) is 9.46. The molecule has 7 nitrogen and oxygen atoms in total. The first-order chi connectivity index (χ1) is 16.5. The maximum absolute atomic E-state index is 12.7. The maximum atomic E-state index is 12.7. The number of nitrogens with one attached hydrogen (secondary N) is 1. The van der Waals surface area contributed by atoms with Crippen molar-refractivity contribution in [1.82, 2.24) is 4.90 Å². The van der Waals surface area contributed by atoms with Gasteiger partial charge in [-0.3, -0.25) is 4.79 Å². The SMILES string of the molecule is COc1cc(C(C=CN)=Nc2ccc(OC3CCN(C)CC3)cc2)cc2c1NC(=O)C21CCC1. The number of hydrogen-bond acceptors (Lipinski definition) is 6. The predicted molar refractivity (Wildman–Crippen MR) is 134 cm³/mol. The first-order valence-corrected chi connectivity index (χ1v) is 12.0. The van der Waals surface area contributed by atoms with Crippen LogP contribution in [-0.2, 0) is 10.2 Å². The number of nitrogens with two attached hydrogens (primary N) is 1. The van der Waals surface area contributed by atoms with Crippen molar-refractivity contribution in [2.24, 2.45) is 10.7 Å². The van der Waals surface area contributed by atoms with Gasteiger partial charge < -0.3 is 25.4 Å². The van der Waals surface area contributed by atoms with Crippen molar-refractivity contribution in [2.75, 3.05) is 32.6 Å². The number of aliphatic imine (C=N–C) groups is 1. The Kier molecular flexibility index (Phi) is 6.04. The molecule has 2 fully saturated rings. The summed E-state index contributed by atoms with van der Waals surface area (Å²) in [4.78, 5) is 19.9. The number of benzene rings is 2. The number of piperidine rings is 1. The number of fused-ring (bicyclic) bond motifs is 2. The third-order valence-corrected chi connectivity index (χ3v) is 7.32. The van der Waals surface area contributed by atoms with E-state index in [0.717, 1.165) is 73.4 Å².